The SMILES string of the molecule is C=CCC(C)NC(COC)C(C)C. The Labute approximate surface area is 82.4 Å². The molecule has 0 saturated heterocycles. The fourth-order valence-electron chi connectivity index (χ4n) is 1.30. The second-order valence-corrected chi connectivity index (χ2v) is 3.90. The minimum Gasteiger partial charge on any atom is -0.383 e. The van der Waals surface area contributed by atoms with Crippen LogP contribution < -0.4 is 5.32 Å². The molecular weight excluding hydrogens is 162 g/mol. The summed E-state index contributed by atoms with van der Waals surface area (Å²) < 4.78 is 5.16. The van der Waals surface area contributed by atoms with Crippen molar-refractivity contribution < 1.29 is 4.74 Å². The summed E-state index contributed by atoms with van der Waals surface area (Å²) in [4.78, 5) is 0. The van der Waals surface area contributed by atoms with Crippen molar-refractivity contribution in [2.24, 2.45) is 5.92 Å². The van der Waals surface area contributed by atoms with E-state index in [0.717, 1.165) is 13.0 Å². The van der Waals surface area contributed by atoms with Gasteiger partial charge in [-0.15, -0.1) is 6.58 Å². The summed E-state index contributed by atoms with van der Waals surface area (Å²) >= 11 is 0. The van der Waals surface area contributed by atoms with Crippen molar-refractivity contribution in [1.82, 2.24) is 5.32 Å². The zero-order valence-corrected chi connectivity index (χ0v) is 9.34. The van der Waals surface area contributed by atoms with Crippen LogP contribution in [0.3, 0.4) is 0 Å². The summed E-state index contributed by atoms with van der Waals surface area (Å²) in [6.45, 7) is 11.1. The third-order valence-corrected chi connectivity index (χ3v) is 2.17. The van der Waals surface area contributed by atoms with Crippen molar-refractivity contribution >= 4 is 0 Å². The molecule has 0 aliphatic carbocycles. The van der Waals surface area contributed by atoms with Crippen LogP contribution >= 0.6 is 0 Å². The van der Waals surface area contributed by atoms with Crippen LogP contribution in [-0.2, 0) is 4.74 Å². The number of hydrogen-bond donors (Lipinski definition) is 1. The Morgan fingerprint density at radius 1 is 1.38 bits per heavy atom. The van der Waals surface area contributed by atoms with Crippen LogP contribution in [0.15, 0.2) is 12.7 Å². The first-order valence-electron chi connectivity index (χ1n) is 4.97. The molecule has 0 aromatic heterocycles. The molecule has 2 heteroatoms. The maximum atomic E-state index is 5.16. The van der Waals surface area contributed by atoms with E-state index in [-0.39, 0.29) is 0 Å². The van der Waals surface area contributed by atoms with E-state index >= 15 is 0 Å². The average Bonchev–Trinajstić information content (AvgIpc) is 2.04. The summed E-state index contributed by atoms with van der Waals surface area (Å²) in [5.41, 5.74) is 0. The molecular formula is C11H23NO. The lowest BCUT2D eigenvalue weighted by Crippen LogP contribution is -2.42. The van der Waals surface area contributed by atoms with Crippen molar-refractivity contribution in [3.05, 3.63) is 12.7 Å². The predicted octanol–water partition coefficient (Wildman–Crippen LogP) is 2.21. The van der Waals surface area contributed by atoms with Crippen molar-refractivity contribution in [2.75, 3.05) is 13.7 Å². The normalized spacial score (nSPS) is 15.8. The maximum Gasteiger partial charge on any atom is 0.0618 e. The Balaban J connectivity index is 3.85. The van der Waals surface area contributed by atoms with E-state index in [0.29, 0.717) is 18.0 Å². The van der Waals surface area contributed by atoms with Crippen LogP contribution in [0.25, 0.3) is 0 Å². The minimum absolute atomic E-state index is 0.444. The monoisotopic (exact) mass is 185 g/mol. The molecule has 2 unspecified atom stereocenters. The highest BCUT2D eigenvalue weighted by Gasteiger charge is 2.14. The number of hydrogen-bond acceptors (Lipinski definition) is 2. The van der Waals surface area contributed by atoms with Crippen molar-refractivity contribution in [3.8, 4) is 0 Å². The van der Waals surface area contributed by atoms with Crippen LogP contribution in [0.4, 0.5) is 0 Å². The van der Waals surface area contributed by atoms with Gasteiger partial charge in [-0.25, -0.2) is 0 Å². The number of nitrogens with one attached hydrogen (secondary N) is 1. The van der Waals surface area contributed by atoms with Crippen molar-refractivity contribution in [3.63, 3.8) is 0 Å². The molecule has 0 rings (SSSR count). The standard InChI is InChI=1S/C11H23NO/c1-6-7-10(4)12-11(8-13-5)9(2)3/h6,9-12H,1,7-8H2,2-5H3. The Morgan fingerprint density at radius 2 is 2.00 bits per heavy atom. The van der Waals surface area contributed by atoms with Gasteiger partial charge >= 0.3 is 0 Å². The molecule has 0 saturated carbocycles. The van der Waals surface area contributed by atoms with E-state index in [1.54, 1.807) is 7.11 Å². The Bertz CT molecular complexity index is 134. The lowest BCUT2D eigenvalue weighted by Gasteiger charge is -2.25. The second kappa shape index (κ2) is 7.10. The fraction of sp³-hybridized carbons (Fsp3) is 0.818. The molecule has 0 spiro atoms. The maximum absolute atomic E-state index is 5.16. The van der Waals surface area contributed by atoms with E-state index in [9.17, 15) is 0 Å². The van der Waals surface area contributed by atoms with E-state index in [1.807, 2.05) is 6.08 Å². The van der Waals surface area contributed by atoms with Gasteiger partial charge < -0.3 is 10.1 Å². The van der Waals surface area contributed by atoms with Crippen LogP contribution in [0.2, 0.25) is 0 Å². The number of methoxy groups -OCH3 is 1. The predicted molar refractivity (Wildman–Crippen MR) is 57.9 cm³/mol. The molecule has 13 heavy (non-hydrogen) atoms. The van der Waals surface area contributed by atoms with E-state index in [2.05, 4.69) is 32.7 Å². The topological polar surface area (TPSA) is 21.3 Å². The molecule has 2 nitrogen and oxygen atoms in total. The third-order valence-electron chi connectivity index (χ3n) is 2.17. The molecule has 2 atom stereocenters. The van der Waals surface area contributed by atoms with Crippen LogP contribution in [-0.4, -0.2) is 25.8 Å². The van der Waals surface area contributed by atoms with E-state index in [1.165, 1.54) is 0 Å². The molecule has 0 radical (unpaired) electrons. The summed E-state index contributed by atoms with van der Waals surface area (Å²) in [5.74, 6) is 0.604. The molecule has 0 heterocycles. The van der Waals surface area contributed by atoms with E-state index < -0.39 is 0 Å². The Kier molecular flexibility index (Phi) is 6.92. The first-order valence-corrected chi connectivity index (χ1v) is 4.97. The van der Waals surface area contributed by atoms with Gasteiger partial charge in [0.05, 0.1) is 6.61 Å². The average molecular weight is 185 g/mol. The van der Waals surface area contributed by atoms with Gasteiger partial charge in [0, 0.05) is 19.2 Å². The van der Waals surface area contributed by atoms with Crippen LogP contribution in [0, 0.1) is 5.92 Å². The largest absolute Gasteiger partial charge is 0.383 e. The van der Waals surface area contributed by atoms with Gasteiger partial charge in [-0.2, -0.15) is 0 Å². The quantitative estimate of drug-likeness (QED) is 0.614. The smallest absolute Gasteiger partial charge is 0.0618 e. The summed E-state index contributed by atoms with van der Waals surface area (Å²) in [5, 5.41) is 3.52. The zero-order valence-electron chi connectivity index (χ0n) is 9.34. The van der Waals surface area contributed by atoms with Gasteiger partial charge in [0.1, 0.15) is 0 Å². The lowest BCUT2D eigenvalue weighted by atomic mass is 10.0. The summed E-state index contributed by atoms with van der Waals surface area (Å²) in [6.07, 6.45) is 2.95. The van der Waals surface area contributed by atoms with E-state index in [4.69, 9.17) is 4.74 Å². The van der Waals surface area contributed by atoms with Gasteiger partial charge in [-0.05, 0) is 19.3 Å². The van der Waals surface area contributed by atoms with Gasteiger partial charge in [-0.3, -0.25) is 0 Å². The van der Waals surface area contributed by atoms with Crippen molar-refractivity contribution in [2.45, 2.75) is 39.3 Å². The fourth-order valence-corrected chi connectivity index (χ4v) is 1.30. The lowest BCUT2D eigenvalue weighted by molar-refractivity contribution is 0.141. The van der Waals surface area contributed by atoms with Gasteiger partial charge in [-0.1, -0.05) is 19.9 Å². The second-order valence-electron chi connectivity index (χ2n) is 3.90. The van der Waals surface area contributed by atoms with Gasteiger partial charge in [0.25, 0.3) is 0 Å². The molecule has 0 aromatic rings. The highest BCUT2D eigenvalue weighted by molar-refractivity contribution is 4.79. The summed E-state index contributed by atoms with van der Waals surface area (Å²) in [7, 11) is 1.75. The molecule has 1 N–H and O–H groups in total. The first kappa shape index (κ1) is 12.7. The molecule has 0 bridgehead atoms. The molecule has 78 valence electrons. The van der Waals surface area contributed by atoms with Crippen molar-refractivity contribution in [1.29, 1.82) is 0 Å². The Morgan fingerprint density at radius 3 is 2.38 bits per heavy atom. The summed E-state index contributed by atoms with van der Waals surface area (Å²) in [6, 6.07) is 0.931. The minimum atomic E-state index is 0.444. The molecule has 0 aliphatic rings. The number of rotatable bonds is 7. The van der Waals surface area contributed by atoms with Gasteiger partial charge in [0.2, 0.25) is 0 Å². The highest BCUT2D eigenvalue weighted by atomic mass is 16.5. The van der Waals surface area contributed by atoms with Crippen LogP contribution in [0.1, 0.15) is 27.2 Å². The number of ether oxygens (including phenoxy) is 1. The molecule has 0 fully saturated rings. The Hall–Kier alpha value is -0.340. The molecule has 0 aliphatic heterocycles. The van der Waals surface area contributed by atoms with Gasteiger partial charge in [0.15, 0.2) is 0 Å². The first-order chi connectivity index (χ1) is 6.11. The zero-order chi connectivity index (χ0) is 10.3. The molecule has 0 amide bonds. The third kappa shape index (κ3) is 5.83. The highest BCUT2D eigenvalue weighted by Crippen LogP contribution is 2.04. The van der Waals surface area contributed by atoms with Crippen LogP contribution in [0.5, 0.6) is 0 Å². The molecule has 0 aromatic carbocycles.